The zero-order valence-electron chi connectivity index (χ0n) is 6.44. The van der Waals surface area contributed by atoms with Crippen molar-refractivity contribution in [2.45, 2.75) is 19.8 Å². The second-order valence-corrected chi connectivity index (χ2v) is 2.61. The Bertz CT molecular complexity index is 253. The van der Waals surface area contributed by atoms with E-state index in [-0.39, 0.29) is 5.69 Å². The van der Waals surface area contributed by atoms with Crippen molar-refractivity contribution in [3.8, 4) is 0 Å². The molecule has 0 radical (unpaired) electrons. The number of nitrogens with zero attached hydrogens (tertiary/aromatic N) is 1. The van der Waals surface area contributed by atoms with E-state index in [0.29, 0.717) is 0 Å². The van der Waals surface area contributed by atoms with Crippen LogP contribution in [0.5, 0.6) is 0 Å². The predicted molar refractivity (Wildman–Crippen MR) is 38.5 cm³/mol. The molecule has 0 spiro atoms. The average molecular weight is 157 g/mol. The molecule has 0 aliphatic carbocycles. The Morgan fingerprint density at radius 1 is 1.45 bits per heavy atom. The Labute approximate surface area is 64.1 Å². The van der Waals surface area contributed by atoms with Crippen LogP contribution in [0.3, 0.4) is 0 Å². The van der Waals surface area contributed by atoms with Gasteiger partial charge < -0.3 is 0 Å². The minimum absolute atomic E-state index is 0.169. The van der Waals surface area contributed by atoms with Gasteiger partial charge in [-0.2, -0.15) is 8.78 Å². The van der Waals surface area contributed by atoms with E-state index >= 15 is 0 Å². The lowest BCUT2D eigenvalue weighted by Crippen LogP contribution is -2.09. The summed E-state index contributed by atoms with van der Waals surface area (Å²) in [5.41, 5.74) is 0.633. The molecule has 0 saturated carbocycles. The summed E-state index contributed by atoms with van der Waals surface area (Å²) in [5, 5.41) is 0. The summed E-state index contributed by atoms with van der Waals surface area (Å²) in [6.07, 6.45) is 1.39. The minimum Gasteiger partial charge on any atom is -0.255 e. The highest BCUT2D eigenvalue weighted by molar-refractivity contribution is 5.17. The van der Waals surface area contributed by atoms with Gasteiger partial charge in [0, 0.05) is 13.1 Å². The van der Waals surface area contributed by atoms with Gasteiger partial charge in [-0.25, -0.2) is 0 Å². The molecule has 1 nitrogen and oxygen atoms in total. The first-order chi connectivity index (χ1) is 5.00. The average Bonchev–Trinajstić information content (AvgIpc) is 1.86. The van der Waals surface area contributed by atoms with E-state index in [1.165, 1.54) is 12.3 Å². The summed E-state index contributed by atoms with van der Waals surface area (Å²) in [6, 6.07) is 3.08. The lowest BCUT2D eigenvalue weighted by Gasteiger charge is -2.08. The monoisotopic (exact) mass is 157 g/mol. The van der Waals surface area contributed by atoms with Crippen molar-refractivity contribution in [2.24, 2.45) is 0 Å². The largest absolute Gasteiger partial charge is 0.286 e. The molecule has 0 N–H and O–H groups in total. The lowest BCUT2D eigenvalue weighted by molar-refractivity contribution is 0.0127. The van der Waals surface area contributed by atoms with Crippen molar-refractivity contribution >= 4 is 0 Å². The Kier molecular flexibility index (Phi) is 1.89. The van der Waals surface area contributed by atoms with Crippen LogP contribution in [0.25, 0.3) is 0 Å². The molecule has 0 unspecified atom stereocenters. The molecule has 1 heterocycles. The maximum absolute atomic E-state index is 12.6. The Morgan fingerprint density at radius 3 is 2.45 bits per heavy atom. The summed E-state index contributed by atoms with van der Waals surface area (Å²) in [5.74, 6) is -2.83. The maximum Gasteiger partial charge on any atom is 0.286 e. The molecular weight excluding hydrogens is 148 g/mol. The van der Waals surface area contributed by atoms with E-state index in [1.807, 2.05) is 0 Å². The fraction of sp³-hybridized carbons (Fsp3) is 0.375. The van der Waals surface area contributed by atoms with Crippen LogP contribution in [0, 0.1) is 6.92 Å². The van der Waals surface area contributed by atoms with Crippen molar-refractivity contribution in [2.75, 3.05) is 0 Å². The highest BCUT2D eigenvalue weighted by Gasteiger charge is 2.25. The highest BCUT2D eigenvalue weighted by Crippen LogP contribution is 2.24. The number of hydrogen-bond acceptors (Lipinski definition) is 1. The van der Waals surface area contributed by atoms with E-state index < -0.39 is 5.92 Å². The van der Waals surface area contributed by atoms with E-state index in [1.54, 1.807) is 13.0 Å². The number of aryl methyl sites for hydroxylation is 1. The summed E-state index contributed by atoms with van der Waals surface area (Å²) >= 11 is 0. The van der Waals surface area contributed by atoms with E-state index in [0.717, 1.165) is 12.5 Å². The molecule has 0 bridgehead atoms. The molecule has 1 aromatic heterocycles. The number of aromatic nitrogens is 1. The third-order valence-electron chi connectivity index (χ3n) is 1.37. The fourth-order valence-corrected chi connectivity index (χ4v) is 0.776. The second-order valence-electron chi connectivity index (χ2n) is 2.61. The number of rotatable bonds is 1. The smallest absolute Gasteiger partial charge is 0.255 e. The molecule has 1 aromatic rings. The summed E-state index contributed by atoms with van der Waals surface area (Å²) in [6.45, 7) is 2.60. The van der Waals surface area contributed by atoms with Gasteiger partial charge in [0.2, 0.25) is 0 Å². The van der Waals surface area contributed by atoms with E-state index in [2.05, 4.69) is 4.98 Å². The van der Waals surface area contributed by atoms with Crippen LogP contribution in [0.2, 0.25) is 0 Å². The van der Waals surface area contributed by atoms with Crippen LogP contribution in [0.4, 0.5) is 8.78 Å². The number of alkyl halides is 2. The summed E-state index contributed by atoms with van der Waals surface area (Å²) < 4.78 is 25.1. The van der Waals surface area contributed by atoms with Gasteiger partial charge in [-0.05, 0) is 24.6 Å². The van der Waals surface area contributed by atoms with Crippen LogP contribution in [0.1, 0.15) is 18.2 Å². The Balaban J connectivity index is 3.06. The molecule has 0 atom stereocenters. The van der Waals surface area contributed by atoms with Crippen molar-refractivity contribution in [3.63, 3.8) is 0 Å². The number of pyridine rings is 1. The molecule has 0 amide bonds. The van der Waals surface area contributed by atoms with Crippen LogP contribution in [-0.4, -0.2) is 4.98 Å². The predicted octanol–water partition coefficient (Wildman–Crippen LogP) is 2.50. The quantitative estimate of drug-likeness (QED) is 0.610. The first kappa shape index (κ1) is 8.11. The first-order valence-electron chi connectivity index (χ1n) is 3.31. The van der Waals surface area contributed by atoms with Gasteiger partial charge in [0.05, 0.1) is 0 Å². The molecule has 11 heavy (non-hydrogen) atoms. The fourth-order valence-electron chi connectivity index (χ4n) is 0.776. The number of halogens is 2. The van der Waals surface area contributed by atoms with Gasteiger partial charge in [-0.15, -0.1) is 0 Å². The summed E-state index contributed by atoms with van der Waals surface area (Å²) in [7, 11) is 0. The van der Waals surface area contributed by atoms with Crippen LogP contribution >= 0.6 is 0 Å². The van der Waals surface area contributed by atoms with Gasteiger partial charge in [0.15, 0.2) is 0 Å². The zero-order chi connectivity index (χ0) is 8.48. The topological polar surface area (TPSA) is 12.9 Å². The van der Waals surface area contributed by atoms with Gasteiger partial charge >= 0.3 is 0 Å². The molecule has 1 rings (SSSR count). The third-order valence-corrected chi connectivity index (χ3v) is 1.37. The van der Waals surface area contributed by atoms with Crippen molar-refractivity contribution < 1.29 is 8.78 Å². The van der Waals surface area contributed by atoms with Gasteiger partial charge in [-0.1, -0.05) is 0 Å². The van der Waals surface area contributed by atoms with Gasteiger partial charge in [-0.3, -0.25) is 4.98 Å². The molecule has 0 aliphatic rings. The molecular formula is C8H9F2N. The van der Waals surface area contributed by atoms with Crippen LogP contribution < -0.4 is 0 Å². The molecule has 3 heteroatoms. The molecule has 0 saturated heterocycles. The summed E-state index contributed by atoms with van der Waals surface area (Å²) in [4.78, 5) is 3.56. The second kappa shape index (κ2) is 2.57. The maximum atomic E-state index is 12.6. The highest BCUT2D eigenvalue weighted by atomic mass is 19.3. The minimum atomic E-state index is -2.83. The zero-order valence-corrected chi connectivity index (χ0v) is 6.44. The molecule has 0 fully saturated rings. The van der Waals surface area contributed by atoms with Gasteiger partial charge in [0.25, 0.3) is 5.92 Å². The molecule has 60 valence electrons. The standard InChI is InChI=1S/C8H9F2N/c1-6-3-4-11-7(5-6)8(2,9)10/h3-5H,1-2H3. The van der Waals surface area contributed by atoms with Gasteiger partial charge in [0.1, 0.15) is 5.69 Å². The Morgan fingerprint density at radius 2 is 2.09 bits per heavy atom. The van der Waals surface area contributed by atoms with Crippen LogP contribution in [0.15, 0.2) is 18.3 Å². The van der Waals surface area contributed by atoms with E-state index in [4.69, 9.17) is 0 Å². The normalized spacial score (nSPS) is 11.6. The number of hydrogen-bond donors (Lipinski definition) is 0. The van der Waals surface area contributed by atoms with E-state index in [9.17, 15) is 8.78 Å². The van der Waals surface area contributed by atoms with Crippen molar-refractivity contribution in [3.05, 3.63) is 29.6 Å². The molecule has 0 aromatic carbocycles. The van der Waals surface area contributed by atoms with Crippen LogP contribution in [-0.2, 0) is 5.92 Å². The third kappa shape index (κ3) is 1.97. The van der Waals surface area contributed by atoms with Crippen molar-refractivity contribution in [1.82, 2.24) is 4.98 Å². The molecule has 0 aliphatic heterocycles. The first-order valence-corrected chi connectivity index (χ1v) is 3.31. The Hall–Kier alpha value is -0.990. The lowest BCUT2D eigenvalue weighted by atomic mass is 10.2. The van der Waals surface area contributed by atoms with Crippen molar-refractivity contribution in [1.29, 1.82) is 0 Å². The SMILES string of the molecule is Cc1ccnc(C(C)(F)F)c1.